The van der Waals surface area contributed by atoms with Gasteiger partial charge in [0.25, 0.3) is 0 Å². The lowest BCUT2D eigenvalue weighted by Gasteiger charge is -2.30. The molecule has 0 saturated carbocycles. The number of carbonyl (C=O) groups excluding carboxylic acids is 1. The summed E-state index contributed by atoms with van der Waals surface area (Å²) >= 11 is 0. The first-order valence-electron chi connectivity index (χ1n) is 7.32. The van der Waals surface area contributed by atoms with Gasteiger partial charge in [-0.3, -0.25) is 4.79 Å². The molecule has 1 aliphatic heterocycles. The maximum absolute atomic E-state index is 12.4. The van der Waals surface area contributed by atoms with E-state index in [4.69, 9.17) is 5.11 Å². The van der Waals surface area contributed by atoms with E-state index in [0.717, 1.165) is 0 Å². The monoisotopic (exact) mass is 301 g/mol. The zero-order chi connectivity index (χ0) is 16.2. The average Bonchev–Trinajstić information content (AvgIpc) is 2.67. The second-order valence-electron chi connectivity index (χ2n) is 6.36. The molecule has 122 valence electrons. The number of amides is 2. The van der Waals surface area contributed by atoms with Crippen LogP contribution in [-0.2, 0) is 4.79 Å². The van der Waals surface area contributed by atoms with Crippen LogP contribution in [0.2, 0.25) is 0 Å². The molecule has 2 amide bonds. The minimum absolute atomic E-state index is 0.0323. The van der Waals surface area contributed by atoms with Crippen LogP contribution in [0.25, 0.3) is 0 Å². The number of hydrogen-bond acceptors (Lipinski definition) is 4. The number of aliphatic hydroxyl groups is 1. The van der Waals surface area contributed by atoms with Gasteiger partial charge in [-0.15, -0.1) is 0 Å². The molecule has 21 heavy (non-hydrogen) atoms. The summed E-state index contributed by atoms with van der Waals surface area (Å²) in [5, 5.41) is 21.5. The number of nitrogens with zero attached hydrogens (tertiary/aromatic N) is 2. The lowest BCUT2D eigenvalue weighted by molar-refractivity contribution is -0.137. The first kappa shape index (κ1) is 17.7. The van der Waals surface area contributed by atoms with Gasteiger partial charge in [0.05, 0.1) is 12.5 Å². The maximum atomic E-state index is 12.4. The Bertz CT molecular complexity index is 373. The van der Waals surface area contributed by atoms with Gasteiger partial charge in [-0.2, -0.15) is 0 Å². The van der Waals surface area contributed by atoms with Gasteiger partial charge in [-0.05, 0) is 26.4 Å². The summed E-state index contributed by atoms with van der Waals surface area (Å²) in [6.07, 6.45) is -0.0626. The van der Waals surface area contributed by atoms with Crippen LogP contribution >= 0.6 is 0 Å². The fraction of sp³-hybridized carbons (Fsp3) is 0.857. The molecule has 0 bridgehead atoms. The highest BCUT2D eigenvalue weighted by Crippen LogP contribution is 2.19. The molecule has 0 aromatic rings. The molecule has 1 aliphatic rings. The first-order chi connectivity index (χ1) is 9.70. The minimum Gasteiger partial charge on any atom is -0.481 e. The quantitative estimate of drug-likeness (QED) is 0.651. The molecule has 7 heteroatoms. The smallest absolute Gasteiger partial charge is 0.318 e. The van der Waals surface area contributed by atoms with E-state index in [-0.39, 0.29) is 24.4 Å². The summed E-state index contributed by atoms with van der Waals surface area (Å²) in [5.41, 5.74) is 0. The Morgan fingerprint density at radius 2 is 2.00 bits per heavy atom. The van der Waals surface area contributed by atoms with E-state index >= 15 is 0 Å². The predicted molar refractivity (Wildman–Crippen MR) is 79.1 cm³/mol. The first-order valence-corrected chi connectivity index (χ1v) is 7.32. The zero-order valence-corrected chi connectivity index (χ0v) is 13.2. The summed E-state index contributed by atoms with van der Waals surface area (Å²) in [5.74, 6) is -0.898. The van der Waals surface area contributed by atoms with Crippen LogP contribution < -0.4 is 5.32 Å². The van der Waals surface area contributed by atoms with Crippen molar-refractivity contribution in [2.75, 3.05) is 27.2 Å². The third-order valence-corrected chi connectivity index (χ3v) is 3.74. The number of nitrogens with one attached hydrogen (secondary N) is 1. The lowest BCUT2D eigenvalue weighted by Crippen LogP contribution is -2.51. The molecular weight excluding hydrogens is 274 g/mol. The zero-order valence-electron chi connectivity index (χ0n) is 13.2. The number of urea groups is 1. The molecule has 0 radical (unpaired) electrons. The fourth-order valence-corrected chi connectivity index (χ4v) is 2.62. The number of carboxylic acid groups (broad SMARTS) is 1. The molecule has 3 N–H and O–H groups in total. The summed E-state index contributed by atoms with van der Waals surface area (Å²) in [7, 11) is 3.84. The molecule has 0 spiro atoms. The molecule has 1 saturated heterocycles. The van der Waals surface area contributed by atoms with Crippen LogP contribution in [0.4, 0.5) is 4.79 Å². The van der Waals surface area contributed by atoms with E-state index in [2.05, 4.69) is 5.32 Å². The van der Waals surface area contributed by atoms with Gasteiger partial charge >= 0.3 is 12.0 Å². The van der Waals surface area contributed by atoms with Crippen molar-refractivity contribution >= 4 is 12.0 Å². The maximum Gasteiger partial charge on any atom is 0.318 e. The number of hydrogen-bond donors (Lipinski definition) is 3. The van der Waals surface area contributed by atoms with E-state index in [1.807, 2.05) is 32.8 Å². The minimum atomic E-state index is -0.930. The second-order valence-corrected chi connectivity index (χ2v) is 6.36. The van der Waals surface area contributed by atoms with Crippen molar-refractivity contribution < 1.29 is 19.8 Å². The largest absolute Gasteiger partial charge is 0.481 e. The predicted octanol–water partition coefficient (Wildman–Crippen LogP) is 0.192. The topological polar surface area (TPSA) is 93.1 Å². The number of β-amino-alcohol motifs (C(OH)–C–C–N with tert-alkyl or cyclic N) is 1. The summed E-state index contributed by atoms with van der Waals surface area (Å²) in [4.78, 5) is 26.8. The molecular formula is C14H27N3O4. The van der Waals surface area contributed by atoms with E-state index < -0.39 is 18.1 Å². The van der Waals surface area contributed by atoms with Crippen molar-refractivity contribution in [3.8, 4) is 0 Å². The van der Waals surface area contributed by atoms with Crippen LogP contribution in [0.15, 0.2) is 0 Å². The number of likely N-dealkylation sites (N-methyl/N-ethyl adjacent to an activating group) is 1. The normalized spacial score (nSPS) is 23.7. The second kappa shape index (κ2) is 7.61. The Morgan fingerprint density at radius 3 is 2.48 bits per heavy atom. The van der Waals surface area contributed by atoms with Crippen LogP contribution in [0, 0.1) is 5.92 Å². The molecule has 3 atom stereocenters. The molecule has 1 rings (SSSR count). The number of aliphatic carboxylic acids is 1. The Labute approximate surface area is 125 Å². The molecule has 3 unspecified atom stereocenters. The summed E-state index contributed by atoms with van der Waals surface area (Å²) in [6.45, 7) is 4.73. The third-order valence-electron chi connectivity index (χ3n) is 3.74. The molecule has 0 aromatic heterocycles. The van der Waals surface area contributed by atoms with E-state index in [9.17, 15) is 14.7 Å². The molecule has 1 heterocycles. The van der Waals surface area contributed by atoms with E-state index in [1.165, 1.54) is 0 Å². The van der Waals surface area contributed by atoms with Gasteiger partial charge in [0.2, 0.25) is 0 Å². The van der Waals surface area contributed by atoms with Gasteiger partial charge < -0.3 is 25.3 Å². The highest BCUT2D eigenvalue weighted by molar-refractivity contribution is 5.76. The van der Waals surface area contributed by atoms with Crippen LogP contribution in [-0.4, -0.2) is 77.4 Å². The van der Waals surface area contributed by atoms with Crippen LogP contribution in [0.5, 0.6) is 0 Å². The van der Waals surface area contributed by atoms with Crippen molar-refractivity contribution in [2.24, 2.45) is 5.92 Å². The van der Waals surface area contributed by atoms with E-state index in [0.29, 0.717) is 19.5 Å². The van der Waals surface area contributed by atoms with Crippen molar-refractivity contribution in [2.45, 2.75) is 44.9 Å². The molecule has 1 fully saturated rings. The number of rotatable bonds is 6. The summed E-state index contributed by atoms with van der Waals surface area (Å²) in [6, 6.07) is -0.751. The summed E-state index contributed by atoms with van der Waals surface area (Å²) < 4.78 is 0. The van der Waals surface area contributed by atoms with Gasteiger partial charge in [0, 0.05) is 25.2 Å². The highest BCUT2D eigenvalue weighted by atomic mass is 16.4. The van der Waals surface area contributed by atoms with Gasteiger partial charge in [-0.1, -0.05) is 13.8 Å². The number of likely N-dealkylation sites (tertiary alicyclic amines) is 1. The van der Waals surface area contributed by atoms with Crippen LogP contribution in [0.1, 0.15) is 26.7 Å². The standard InChI is InChI=1S/C14H27N3O4/c1-9(2)12(6-13(19)20)15-14(21)17-8-11(18)5-10(17)7-16(3)4/h9-12,18H,5-8H2,1-4H3,(H,15,21)(H,19,20). The Morgan fingerprint density at radius 1 is 1.38 bits per heavy atom. The van der Waals surface area contributed by atoms with Crippen molar-refractivity contribution in [3.63, 3.8) is 0 Å². The Hall–Kier alpha value is -1.34. The number of carbonyl (C=O) groups is 2. The Balaban J connectivity index is 2.68. The molecule has 0 aliphatic carbocycles. The number of carboxylic acids is 1. The SMILES string of the molecule is CC(C)C(CC(=O)O)NC(=O)N1CC(O)CC1CN(C)C. The number of aliphatic hydroxyl groups excluding tert-OH is 1. The molecule has 0 aromatic carbocycles. The van der Waals surface area contributed by atoms with Gasteiger partial charge in [0.1, 0.15) is 0 Å². The van der Waals surface area contributed by atoms with Gasteiger partial charge in [-0.25, -0.2) is 4.79 Å². The van der Waals surface area contributed by atoms with Crippen molar-refractivity contribution in [1.29, 1.82) is 0 Å². The Kier molecular flexibility index (Phi) is 6.42. The third kappa shape index (κ3) is 5.51. The fourth-order valence-electron chi connectivity index (χ4n) is 2.62. The van der Waals surface area contributed by atoms with Crippen molar-refractivity contribution in [3.05, 3.63) is 0 Å². The molecule has 7 nitrogen and oxygen atoms in total. The average molecular weight is 301 g/mol. The van der Waals surface area contributed by atoms with E-state index in [1.54, 1.807) is 4.90 Å². The van der Waals surface area contributed by atoms with Crippen LogP contribution in [0.3, 0.4) is 0 Å². The highest BCUT2D eigenvalue weighted by Gasteiger charge is 2.35. The van der Waals surface area contributed by atoms with Gasteiger partial charge in [0.15, 0.2) is 0 Å². The van der Waals surface area contributed by atoms with Crippen molar-refractivity contribution in [1.82, 2.24) is 15.1 Å². The lowest BCUT2D eigenvalue weighted by atomic mass is 10.0.